The van der Waals surface area contributed by atoms with Gasteiger partial charge in [-0.2, -0.15) is 0 Å². The molecule has 10 heteroatoms. The number of amides is 1. The Labute approximate surface area is 239 Å². The number of anilines is 1. The van der Waals surface area contributed by atoms with Crippen LogP contribution >= 0.6 is 34.5 Å². The molecular formula is C29H24Cl2N2O5S. The Morgan fingerprint density at radius 3 is 2.62 bits per heavy atom. The van der Waals surface area contributed by atoms with Crippen molar-refractivity contribution in [3.8, 4) is 11.5 Å². The summed E-state index contributed by atoms with van der Waals surface area (Å²) in [4.78, 5) is 32.9. The van der Waals surface area contributed by atoms with Crippen LogP contribution in [0.1, 0.15) is 36.9 Å². The monoisotopic (exact) mass is 582 g/mol. The number of methoxy groups -OCH3 is 1. The van der Waals surface area contributed by atoms with E-state index < -0.39 is 17.7 Å². The maximum absolute atomic E-state index is 13.5. The molecule has 0 spiro atoms. The van der Waals surface area contributed by atoms with Gasteiger partial charge in [0.2, 0.25) is 0 Å². The molecule has 0 saturated carbocycles. The number of nitrogens with zero attached hydrogens (tertiary/aromatic N) is 2. The topological polar surface area (TPSA) is 89.0 Å². The van der Waals surface area contributed by atoms with Crippen LogP contribution in [0.4, 0.5) is 5.13 Å². The Balaban J connectivity index is 1.66. The Morgan fingerprint density at radius 1 is 1.05 bits per heavy atom. The van der Waals surface area contributed by atoms with E-state index in [2.05, 4.69) is 11.9 Å². The van der Waals surface area contributed by atoms with Crippen molar-refractivity contribution in [1.29, 1.82) is 0 Å². The van der Waals surface area contributed by atoms with Gasteiger partial charge in [0.25, 0.3) is 5.78 Å². The van der Waals surface area contributed by atoms with Crippen molar-refractivity contribution in [3.05, 3.63) is 87.4 Å². The number of fused-ring (bicyclic) bond motifs is 1. The van der Waals surface area contributed by atoms with Gasteiger partial charge in [-0.25, -0.2) is 4.98 Å². The van der Waals surface area contributed by atoms with Crippen molar-refractivity contribution in [3.63, 3.8) is 0 Å². The number of aliphatic hydroxyl groups is 1. The van der Waals surface area contributed by atoms with Gasteiger partial charge in [-0.3, -0.25) is 14.5 Å². The summed E-state index contributed by atoms with van der Waals surface area (Å²) < 4.78 is 11.9. The Kier molecular flexibility index (Phi) is 7.79. The van der Waals surface area contributed by atoms with E-state index in [0.29, 0.717) is 44.9 Å². The van der Waals surface area contributed by atoms with E-state index in [-0.39, 0.29) is 16.4 Å². The number of rotatable bonds is 8. The number of benzene rings is 3. The Hall–Kier alpha value is -3.59. The van der Waals surface area contributed by atoms with Crippen LogP contribution in [0.3, 0.4) is 0 Å². The zero-order valence-electron chi connectivity index (χ0n) is 21.1. The third kappa shape index (κ3) is 5.20. The summed E-state index contributed by atoms with van der Waals surface area (Å²) in [6.45, 7) is 2.59. The van der Waals surface area contributed by atoms with Crippen LogP contribution in [0.15, 0.2) is 66.2 Å². The lowest BCUT2D eigenvalue weighted by molar-refractivity contribution is -0.132. The van der Waals surface area contributed by atoms with Crippen LogP contribution in [-0.4, -0.2) is 35.5 Å². The number of halogens is 2. The quantitative estimate of drug-likeness (QED) is 0.101. The van der Waals surface area contributed by atoms with Gasteiger partial charge in [0.1, 0.15) is 17.3 Å². The van der Waals surface area contributed by atoms with Crippen LogP contribution in [0.5, 0.6) is 11.5 Å². The molecule has 5 rings (SSSR count). The molecule has 4 aromatic rings. The molecule has 39 heavy (non-hydrogen) atoms. The first-order chi connectivity index (χ1) is 18.8. The van der Waals surface area contributed by atoms with Gasteiger partial charge in [0, 0.05) is 5.56 Å². The van der Waals surface area contributed by atoms with Gasteiger partial charge in [-0.05, 0) is 54.4 Å². The maximum atomic E-state index is 13.5. The van der Waals surface area contributed by atoms with Crippen LogP contribution in [0, 0.1) is 0 Å². The molecular weight excluding hydrogens is 559 g/mol. The Morgan fingerprint density at radius 2 is 1.87 bits per heavy atom. The highest BCUT2D eigenvalue weighted by Gasteiger charge is 2.48. The lowest BCUT2D eigenvalue weighted by Gasteiger charge is -2.23. The van der Waals surface area contributed by atoms with Gasteiger partial charge in [0.15, 0.2) is 5.13 Å². The second kappa shape index (κ2) is 11.3. The lowest BCUT2D eigenvalue weighted by Crippen LogP contribution is -2.29. The minimum atomic E-state index is -0.994. The SMILES string of the molecule is CCCCOc1cccc(C(O)=C2C(=O)C(=O)N(c3nc4ccc(OC)cc4s3)C2c2ccc(Cl)c(Cl)c2)c1. The van der Waals surface area contributed by atoms with Gasteiger partial charge in [-0.1, -0.05) is 66.1 Å². The first-order valence-corrected chi connectivity index (χ1v) is 13.8. The van der Waals surface area contributed by atoms with Crippen molar-refractivity contribution in [2.24, 2.45) is 0 Å². The number of ketones is 1. The standard InChI is InChI=1S/C29H24Cl2N2O5S/c1-3-4-12-38-19-7-5-6-17(13-19)26(34)24-25(16-8-10-20(30)21(31)14-16)33(28(36)27(24)35)29-32-22-11-9-18(37-2)15-23(22)39-29/h5-11,13-15,25,34H,3-4,12H2,1-2H3. The van der Waals surface area contributed by atoms with E-state index in [0.717, 1.165) is 17.5 Å². The second-order valence-electron chi connectivity index (χ2n) is 8.90. The number of carbonyl (C=O) groups is 2. The molecule has 0 bridgehead atoms. The Bertz CT molecular complexity index is 1620. The van der Waals surface area contributed by atoms with Crippen LogP contribution in [-0.2, 0) is 9.59 Å². The fourth-order valence-corrected chi connectivity index (χ4v) is 5.70. The molecule has 7 nitrogen and oxygen atoms in total. The average Bonchev–Trinajstić information content (AvgIpc) is 3.47. The number of hydrogen-bond donors (Lipinski definition) is 1. The van der Waals surface area contributed by atoms with E-state index in [1.54, 1.807) is 61.7 Å². The summed E-state index contributed by atoms with van der Waals surface area (Å²) in [7, 11) is 1.57. The third-order valence-electron chi connectivity index (χ3n) is 6.37. The van der Waals surface area contributed by atoms with Crippen molar-refractivity contribution in [1.82, 2.24) is 4.98 Å². The highest BCUT2D eigenvalue weighted by Crippen LogP contribution is 2.45. The number of carbonyl (C=O) groups excluding carboxylic acids is 2. The van der Waals surface area contributed by atoms with Gasteiger partial charge in [0.05, 0.1) is 45.6 Å². The number of Topliss-reactive ketones (excluding diaryl/α,β-unsaturated/α-hetero) is 1. The summed E-state index contributed by atoms with van der Waals surface area (Å²) in [5.41, 5.74) is 1.40. The summed E-state index contributed by atoms with van der Waals surface area (Å²) in [6, 6.07) is 16.0. The normalized spacial score (nSPS) is 16.7. The van der Waals surface area contributed by atoms with Gasteiger partial charge in [-0.15, -0.1) is 0 Å². The molecule has 3 aromatic carbocycles. The van der Waals surface area contributed by atoms with E-state index >= 15 is 0 Å². The van der Waals surface area contributed by atoms with E-state index in [9.17, 15) is 14.7 Å². The first-order valence-electron chi connectivity index (χ1n) is 12.3. The molecule has 1 amide bonds. The van der Waals surface area contributed by atoms with Crippen LogP contribution in [0.25, 0.3) is 16.0 Å². The van der Waals surface area contributed by atoms with E-state index in [1.807, 2.05) is 6.07 Å². The predicted octanol–water partition coefficient (Wildman–Crippen LogP) is 7.42. The number of unbranched alkanes of at least 4 members (excludes halogenated alkanes) is 1. The van der Waals surface area contributed by atoms with Crippen molar-refractivity contribution < 1.29 is 24.2 Å². The molecule has 1 fully saturated rings. The van der Waals surface area contributed by atoms with E-state index in [1.165, 1.54) is 16.2 Å². The second-order valence-corrected chi connectivity index (χ2v) is 10.7. The molecule has 200 valence electrons. The minimum absolute atomic E-state index is 0.0825. The molecule has 1 N–H and O–H groups in total. The largest absolute Gasteiger partial charge is 0.507 e. The minimum Gasteiger partial charge on any atom is -0.507 e. The number of thiazole rings is 1. The van der Waals surface area contributed by atoms with Gasteiger partial charge >= 0.3 is 5.91 Å². The zero-order chi connectivity index (χ0) is 27.7. The molecule has 0 radical (unpaired) electrons. The van der Waals surface area contributed by atoms with Crippen molar-refractivity contribution >= 4 is 67.3 Å². The molecule has 1 unspecified atom stereocenters. The average molecular weight is 583 g/mol. The van der Waals surface area contributed by atoms with E-state index in [4.69, 9.17) is 32.7 Å². The predicted molar refractivity (Wildman–Crippen MR) is 154 cm³/mol. The van der Waals surface area contributed by atoms with Gasteiger partial charge < -0.3 is 14.6 Å². The van der Waals surface area contributed by atoms with Crippen LogP contribution < -0.4 is 14.4 Å². The van der Waals surface area contributed by atoms with Crippen LogP contribution in [0.2, 0.25) is 10.0 Å². The number of aromatic nitrogens is 1. The fourth-order valence-electron chi connectivity index (χ4n) is 4.37. The summed E-state index contributed by atoms with van der Waals surface area (Å²) >= 11 is 13.7. The maximum Gasteiger partial charge on any atom is 0.301 e. The molecule has 1 aliphatic rings. The highest BCUT2D eigenvalue weighted by molar-refractivity contribution is 7.22. The first kappa shape index (κ1) is 27.0. The lowest BCUT2D eigenvalue weighted by atomic mass is 9.95. The summed E-state index contributed by atoms with van der Waals surface area (Å²) in [5.74, 6) is -0.780. The number of hydrogen-bond acceptors (Lipinski definition) is 7. The number of aliphatic hydroxyl groups excluding tert-OH is 1. The smallest absolute Gasteiger partial charge is 0.301 e. The molecule has 0 aliphatic carbocycles. The molecule has 1 atom stereocenters. The molecule has 1 aliphatic heterocycles. The fraction of sp³-hybridized carbons (Fsp3) is 0.207. The third-order valence-corrected chi connectivity index (χ3v) is 8.12. The van der Waals surface area contributed by atoms with Crippen molar-refractivity contribution in [2.75, 3.05) is 18.6 Å². The van der Waals surface area contributed by atoms with Crippen molar-refractivity contribution in [2.45, 2.75) is 25.8 Å². The zero-order valence-corrected chi connectivity index (χ0v) is 23.4. The molecule has 1 aromatic heterocycles. The summed E-state index contributed by atoms with van der Waals surface area (Å²) in [6.07, 6.45) is 1.86. The highest BCUT2D eigenvalue weighted by atomic mass is 35.5. The number of ether oxygens (including phenoxy) is 2. The molecule has 1 saturated heterocycles. The molecule has 2 heterocycles. The summed E-state index contributed by atoms with van der Waals surface area (Å²) in [5, 5.41) is 12.3.